The highest BCUT2D eigenvalue weighted by atomic mass is 19.4. The zero-order valence-corrected chi connectivity index (χ0v) is 7.16. The van der Waals surface area contributed by atoms with Crippen LogP contribution in [-0.2, 0) is 4.84 Å². The summed E-state index contributed by atoms with van der Waals surface area (Å²) >= 11 is 0. The van der Waals surface area contributed by atoms with Crippen LogP contribution < -0.4 is 0 Å². The van der Waals surface area contributed by atoms with Crippen molar-refractivity contribution in [3.8, 4) is 6.07 Å². The van der Waals surface area contributed by atoms with E-state index in [2.05, 4.69) is 0 Å². The number of nitrogens with zero attached hydrogens (tertiary/aromatic N) is 2. The highest BCUT2D eigenvalue weighted by Gasteiger charge is 2.42. The molecule has 4 nitrogen and oxygen atoms in total. The SMILES string of the molecule is N#CC(CN1C[C@@H](O)CO1)C(F)(F)F. The van der Waals surface area contributed by atoms with E-state index in [1.165, 1.54) is 0 Å². The number of aliphatic hydroxyl groups is 1. The number of hydrogen-bond acceptors (Lipinski definition) is 4. The summed E-state index contributed by atoms with van der Waals surface area (Å²) in [5.74, 6) is -2.08. The van der Waals surface area contributed by atoms with E-state index in [4.69, 9.17) is 15.2 Å². The second-order valence-electron chi connectivity index (χ2n) is 3.02. The minimum atomic E-state index is -4.55. The molecule has 0 bridgehead atoms. The van der Waals surface area contributed by atoms with E-state index in [0.29, 0.717) is 0 Å². The van der Waals surface area contributed by atoms with Gasteiger partial charge in [-0.15, -0.1) is 0 Å². The lowest BCUT2D eigenvalue weighted by molar-refractivity contribution is -0.191. The number of hydroxylamine groups is 2. The Hall–Kier alpha value is -0.840. The third-order valence-electron chi connectivity index (χ3n) is 1.80. The predicted octanol–water partition coefficient (Wildman–Crippen LogP) is 0.297. The van der Waals surface area contributed by atoms with Gasteiger partial charge < -0.3 is 5.11 Å². The molecule has 0 amide bonds. The lowest BCUT2D eigenvalue weighted by Gasteiger charge is -2.19. The number of β-amino-alcohol motifs (C(OH)–C–C–N with tert-alkyl or cyclic N) is 1. The third kappa shape index (κ3) is 2.83. The first-order valence-corrected chi connectivity index (χ1v) is 3.95. The van der Waals surface area contributed by atoms with E-state index in [0.717, 1.165) is 11.1 Å². The summed E-state index contributed by atoms with van der Waals surface area (Å²) in [6, 6.07) is 1.16. The van der Waals surface area contributed by atoms with Crippen LogP contribution in [0.4, 0.5) is 13.2 Å². The summed E-state index contributed by atoms with van der Waals surface area (Å²) in [6.07, 6.45) is -5.33. The molecule has 1 unspecified atom stereocenters. The van der Waals surface area contributed by atoms with Crippen LogP contribution >= 0.6 is 0 Å². The summed E-state index contributed by atoms with van der Waals surface area (Å²) in [4.78, 5) is 4.72. The zero-order valence-electron chi connectivity index (χ0n) is 7.16. The van der Waals surface area contributed by atoms with Crippen molar-refractivity contribution in [2.75, 3.05) is 19.7 Å². The van der Waals surface area contributed by atoms with Gasteiger partial charge in [-0.05, 0) is 0 Å². The average Bonchev–Trinajstić information content (AvgIpc) is 2.45. The molecule has 0 radical (unpaired) electrons. The Morgan fingerprint density at radius 1 is 1.64 bits per heavy atom. The molecule has 0 saturated carbocycles. The molecule has 0 aromatic heterocycles. The number of alkyl halides is 3. The topological polar surface area (TPSA) is 56.5 Å². The molecule has 1 rings (SSSR count). The maximum absolute atomic E-state index is 12.1. The number of hydrogen-bond donors (Lipinski definition) is 1. The summed E-state index contributed by atoms with van der Waals surface area (Å²) in [5, 5.41) is 18.2. The van der Waals surface area contributed by atoms with Gasteiger partial charge in [0.05, 0.1) is 25.3 Å². The Balaban J connectivity index is 2.46. The van der Waals surface area contributed by atoms with Crippen LogP contribution in [0.3, 0.4) is 0 Å². The summed E-state index contributed by atoms with van der Waals surface area (Å²) in [7, 11) is 0. The van der Waals surface area contributed by atoms with Crippen molar-refractivity contribution in [2.45, 2.75) is 12.3 Å². The molecule has 0 spiro atoms. The molecule has 80 valence electrons. The van der Waals surface area contributed by atoms with Gasteiger partial charge in [-0.1, -0.05) is 0 Å². The molecular formula is C7H9F3N2O2. The molecule has 1 aliphatic heterocycles. The van der Waals surface area contributed by atoms with E-state index < -0.39 is 24.7 Å². The molecule has 1 aliphatic rings. The van der Waals surface area contributed by atoms with Crippen LogP contribution in [0, 0.1) is 17.2 Å². The fourth-order valence-corrected chi connectivity index (χ4v) is 1.08. The van der Waals surface area contributed by atoms with Gasteiger partial charge in [-0.25, -0.2) is 0 Å². The van der Waals surface area contributed by atoms with Crippen molar-refractivity contribution < 1.29 is 23.1 Å². The van der Waals surface area contributed by atoms with E-state index in [1.54, 1.807) is 0 Å². The zero-order chi connectivity index (χ0) is 10.8. The first-order valence-electron chi connectivity index (χ1n) is 3.95. The molecule has 14 heavy (non-hydrogen) atoms. The third-order valence-corrected chi connectivity index (χ3v) is 1.80. The van der Waals surface area contributed by atoms with Gasteiger partial charge in [0.1, 0.15) is 0 Å². The molecule has 0 aromatic carbocycles. The van der Waals surface area contributed by atoms with Crippen molar-refractivity contribution in [3.63, 3.8) is 0 Å². The molecule has 0 aromatic rings. The molecule has 2 atom stereocenters. The molecule has 1 N–H and O–H groups in total. The van der Waals surface area contributed by atoms with Gasteiger partial charge in [0.2, 0.25) is 0 Å². The standard InChI is InChI=1S/C7H9F3N2O2/c8-7(9,10)5(1-11)2-12-3-6(13)4-14-12/h5-6,13H,2-4H2/t5?,6-/m1/s1. The number of aliphatic hydroxyl groups excluding tert-OH is 1. The lowest BCUT2D eigenvalue weighted by Crippen LogP contribution is -2.34. The van der Waals surface area contributed by atoms with E-state index in [1.807, 2.05) is 0 Å². The maximum Gasteiger partial charge on any atom is 0.405 e. The molecule has 1 heterocycles. The minimum Gasteiger partial charge on any atom is -0.389 e. The van der Waals surface area contributed by atoms with Gasteiger partial charge in [-0.3, -0.25) is 4.84 Å². The summed E-state index contributed by atoms with van der Waals surface area (Å²) in [6.45, 7) is -0.568. The Labute approximate surface area is 78.4 Å². The van der Waals surface area contributed by atoms with Crippen molar-refractivity contribution in [1.82, 2.24) is 5.06 Å². The predicted molar refractivity (Wildman–Crippen MR) is 38.7 cm³/mol. The normalized spacial score (nSPS) is 26.1. The first kappa shape index (κ1) is 11.2. The average molecular weight is 210 g/mol. The fourth-order valence-electron chi connectivity index (χ4n) is 1.08. The highest BCUT2D eigenvalue weighted by molar-refractivity contribution is 4.90. The second-order valence-corrected chi connectivity index (χ2v) is 3.02. The van der Waals surface area contributed by atoms with Crippen molar-refractivity contribution in [1.29, 1.82) is 5.26 Å². The number of halogens is 3. The quantitative estimate of drug-likeness (QED) is 0.712. The van der Waals surface area contributed by atoms with Gasteiger partial charge in [0.25, 0.3) is 0 Å². The van der Waals surface area contributed by atoms with Gasteiger partial charge in [0, 0.05) is 6.54 Å². The molecule has 1 saturated heterocycles. The fraction of sp³-hybridized carbons (Fsp3) is 0.857. The Morgan fingerprint density at radius 3 is 2.64 bits per heavy atom. The summed E-state index contributed by atoms with van der Waals surface area (Å²) < 4.78 is 36.3. The van der Waals surface area contributed by atoms with Crippen LogP contribution in [0.25, 0.3) is 0 Å². The maximum atomic E-state index is 12.1. The van der Waals surface area contributed by atoms with Crippen molar-refractivity contribution >= 4 is 0 Å². The summed E-state index contributed by atoms with van der Waals surface area (Å²) in [5.41, 5.74) is 0. The van der Waals surface area contributed by atoms with Gasteiger partial charge >= 0.3 is 6.18 Å². The van der Waals surface area contributed by atoms with Crippen LogP contribution in [0.2, 0.25) is 0 Å². The van der Waals surface area contributed by atoms with Crippen molar-refractivity contribution in [3.05, 3.63) is 0 Å². The van der Waals surface area contributed by atoms with Crippen LogP contribution in [0.5, 0.6) is 0 Å². The lowest BCUT2D eigenvalue weighted by atomic mass is 10.1. The van der Waals surface area contributed by atoms with Crippen molar-refractivity contribution in [2.24, 2.45) is 5.92 Å². The number of rotatable bonds is 2. The Kier molecular flexibility index (Phi) is 3.31. The first-order chi connectivity index (χ1) is 6.43. The van der Waals surface area contributed by atoms with Crippen LogP contribution in [-0.4, -0.2) is 42.1 Å². The Morgan fingerprint density at radius 2 is 2.29 bits per heavy atom. The highest BCUT2D eigenvalue weighted by Crippen LogP contribution is 2.27. The molecule has 7 heteroatoms. The van der Waals surface area contributed by atoms with Gasteiger partial charge in [-0.2, -0.15) is 23.5 Å². The van der Waals surface area contributed by atoms with E-state index in [-0.39, 0.29) is 13.2 Å². The molecule has 0 aliphatic carbocycles. The number of nitriles is 1. The molecule has 1 fully saturated rings. The van der Waals surface area contributed by atoms with Gasteiger partial charge in [0.15, 0.2) is 5.92 Å². The Bertz CT molecular complexity index is 238. The monoisotopic (exact) mass is 210 g/mol. The second kappa shape index (κ2) is 4.13. The van der Waals surface area contributed by atoms with Crippen LogP contribution in [0.15, 0.2) is 0 Å². The largest absolute Gasteiger partial charge is 0.405 e. The van der Waals surface area contributed by atoms with Crippen LogP contribution in [0.1, 0.15) is 0 Å². The van der Waals surface area contributed by atoms with E-state index in [9.17, 15) is 13.2 Å². The molecular weight excluding hydrogens is 201 g/mol. The van der Waals surface area contributed by atoms with E-state index >= 15 is 0 Å². The smallest absolute Gasteiger partial charge is 0.389 e. The minimum absolute atomic E-state index is 0.00819.